The van der Waals surface area contributed by atoms with Crippen molar-refractivity contribution in [3.63, 3.8) is 0 Å². The van der Waals surface area contributed by atoms with Gasteiger partial charge in [-0.05, 0) is 32.1 Å². The van der Waals surface area contributed by atoms with Gasteiger partial charge in [-0.1, -0.05) is 12.0 Å². The second-order valence-corrected chi connectivity index (χ2v) is 8.60. The number of nitriles is 1. The summed E-state index contributed by atoms with van der Waals surface area (Å²) in [7, 11) is 7.02. The molecule has 0 bridgehead atoms. The average Bonchev–Trinajstić information content (AvgIpc) is 3.21. The lowest BCUT2D eigenvalue weighted by atomic mass is 10.1. The molecular formula is C26H27N7O3. The Morgan fingerprint density at radius 3 is 2.53 bits per heavy atom. The van der Waals surface area contributed by atoms with Gasteiger partial charge in [0, 0.05) is 43.5 Å². The van der Waals surface area contributed by atoms with E-state index in [2.05, 4.69) is 22.9 Å². The Bertz CT molecular complexity index is 1410. The molecule has 10 heteroatoms. The Balaban J connectivity index is 1.68. The summed E-state index contributed by atoms with van der Waals surface area (Å²) >= 11 is 0. The zero-order valence-electron chi connectivity index (χ0n) is 20.6. The van der Waals surface area contributed by atoms with Crippen LogP contribution in [0.4, 0.5) is 5.82 Å². The summed E-state index contributed by atoms with van der Waals surface area (Å²) in [4.78, 5) is 20.3. The van der Waals surface area contributed by atoms with Gasteiger partial charge in [0.1, 0.15) is 29.1 Å². The number of methoxy groups -OCH3 is 2. The molecule has 2 aromatic heterocycles. The monoisotopic (exact) mass is 485 g/mol. The number of carbonyl (C=O) groups is 1. The van der Waals surface area contributed by atoms with Crippen LogP contribution in [0.1, 0.15) is 22.9 Å². The molecule has 1 fully saturated rings. The smallest absolute Gasteiger partial charge is 0.246 e. The van der Waals surface area contributed by atoms with E-state index in [0.717, 1.165) is 0 Å². The van der Waals surface area contributed by atoms with E-state index in [1.54, 1.807) is 48.1 Å². The molecule has 184 valence electrons. The topological polar surface area (TPSA) is 123 Å². The first-order valence-corrected chi connectivity index (χ1v) is 11.3. The Hall–Kier alpha value is -4.54. The molecule has 1 saturated heterocycles. The molecule has 0 unspecified atom stereocenters. The molecule has 0 spiro atoms. The van der Waals surface area contributed by atoms with Crippen LogP contribution < -0.4 is 15.2 Å². The number of rotatable bonds is 6. The Labute approximate surface area is 209 Å². The lowest BCUT2D eigenvalue weighted by Gasteiger charge is -2.39. The van der Waals surface area contributed by atoms with E-state index < -0.39 is 0 Å². The van der Waals surface area contributed by atoms with Crippen LogP contribution in [-0.4, -0.2) is 78.4 Å². The summed E-state index contributed by atoms with van der Waals surface area (Å²) in [6.45, 7) is 1.62. The number of anilines is 1. The van der Waals surface area contributed by atoms with Crippen molar-refractivity contribution in [1.29, 1.82) is 5.26 Å². The van der Waals surface area contributed by atoms with E-state index >= 15 is 0 Å². The Kier molecular flexibility index (Phi) is 7.09. The van der Waals surface area contributed by atoms with Gasteiger partial charge in [-0.25, -0.2) is 4.98 Å². The third-order valence-electron chi connectivity index (χ3n) is 5.80. The van der Waals surface area contributed by atoms with Crippen molar-refractivity contribution in [1.82, 2.24) is 24.6 Å². The highest BCUT2D eigenvalue weighted by Gasteiger charge is 2.34. The number of nitrogens with zero attached hydrogens (tertiary/aromatic N) is 6. The Morgan fingerprint density at radius 2 is 1.92 bits per heavy atom. The molecule has 1 aliphatic rings. The van der Waals surface area contributed by atoms with Crippen LogP contribution in [0.25, 0.3) is 10.9 Å². The molecule has 1 aromatic carbocycles. The maximum absolute atomic E-state index is 12.5. The molecule has 3 aromatic rings. The van der Waals surface area contributed by atoms with Crippen molar-refractivity contribution in [2.45, 2.75) is 6.04 Å². The summed E-state index contributed by atoms with van der Waals surface area (Å²) in [5, 5.41) is 15.0. The molecule has 0 radical (unpaired) electrons. The second kappa shape index (κ2) is 10.4. The number of nitrogen functional groups attached to an aromatic ring is 1. The summed E-state index contributed by atoms with van der Waals surface area (Å²) in [5.41, 5.74) is 8.20. The molecule has 0 aliphatic carbocycles. The predicted molar refractivity (Wildman–Crippen MR) is 135 cm³/mol. The van der Waals surface area contributed by atoms with Crippen LogP contribution in [0.15, 0.2) is 36.5 Å². The SMILES string of the molecule is COc1cc(C#Cc2nn(C3CN(C(=O)C=CCN(C)C)C3)c3c(C#N)cnc(N)c23)cc(OC)c1. The maximum Gasteiger partial charge on any atom is 0.246 e. The molecule has 1 aliphatic heterocycles. The molecule has 0 saturated carbocycles. The van der Waals surface area contributed by atoms with E-state index in [4.69, 9.17) is 20.3 Å². The van der Waals surface area contributed by atoms with Crippen molar-refractivity contribution in [3.8, 4) is 29.4 Å². The molecule has 0 atom stereocenters. The summed E-state index contributed by atoms with van der Waals surface area (Å²) in [6.07, 6.45) is 4.85. The number of hydrogen-bond acceptors (Lipinski definition) is 8. The normalized spacial score (nSPS) is 13.4. The van der Waals surface area contributed by atoms with Gasteiger partial charge in [-0.3, -0.25) is 9.48 Å². The second-order valence-electron chi connectivity index (χ2n) is 8.60. The number of amides is 1. The Morgan fingerprint density at radius 1 is 1.22 bits per heavy atom. The van der Waals surface area contributed by atoms with E-state index in [1.807, 2.05) is 25.1 Å². The van der Waals surface area contributed by atoms with E-state index in [1.165, 1.54) is 6.20 Å². The van der Waals surface area contributed by atoms with Gasteiger partial charge in [-0.15, -0.1) is 0 Å². The highest BCUT2D eigenvalue weighted by Crippen LogP contribution is 2.32. The molecule has 36 heavy (non-hydrogen) atoms. The lowest BCUT2D eigenvalue weighted by Crippen LogP contribution is -2.50. The molecule has 1 amide bonds. The average molecular weight is 486 g/mol. The van der Waals surface area contributed by atoms with Crippen LogP contribution in [0, 0.1) is 23.2 Å². The van der Waals surface area contributed by atoms with Crippen LogP contribution in [0.5, 0.6) is 11.5 Å². The van der Waals surface area contributed by atoms with E-state index in [0.29, 0.717) is 58.9 Å². The van der Waals surface area contributed by atoms with E-state index in [-0.39, 0.29) is 17.8 Å². The van der Waals surface area contributed by atoms with Crippen LogP contribution >= 0.6 is 0 Å². The molecule has 3 heterocycles. The number of aromatic nitrogens is 3. The highest BCUT2D eigenvalue weighted by atomic mass is 16.5. The van der Waals surface area contributed by atoms with Gasteiger partial charge in [-0.2, -0.15) is 10.4 Å². The minimum absolute atomic E-state index is 0.0572. The van der Waals surface area contributed by atoms with E-state index in [9.17, 15) is 10.1 Å². The van der Waals surface area contributed by atoms with Crippen molar-refractivity contribution >= 4 is 22.6 Å². The van der Waals surface area contributed by atoms with Crippen LogP contribution in [0.3, 0.4) is 0 Å². The molecule has 2 N–H and O–H groups in total. The number of ether oxygens (including phenoxy) is 2. The van der Waals surface area contributed by atoms with Gasteiger partial charge in [0.2, 0.25) is 5.91 Å². The molecule has 4 rings (SSSR count). The zero-order valence-corrected chi connectivity index (χ0v) is 20.6. The number of pyridine rings is 1. The standard InChI is InChI=1S/C26H27N7O3/c1-31(2)9-5-6-23(34)32-15-19(16-32)33-25-18(13-27)14-29-26(28)24(25)22(30-33)8-7-17-10-20(35-3)12-21(11-17)36-4/h5-6,10-12,14,19H,9,15-16H2,1-4H3,(H2,28,29). The minimum Gasteiger partial charge on any atom is -0.497 e. The van der Waals surface area contributed by atoms with Crippen LogP contribution in [-0.2, 0) is 4.79 Å². The fourth-order valence-electron chi connectivity index (χ4n) is 3.90. The van der Waals surface area contributed by atoms with Gasteiger partial charge in [0.05, 0.1) is 36.7 Å². The van der Waals surface area contributed by atoms with Gasteiger partial charge in [0.15, 0.2) is 0 Å². The molecular weight excluding hydrogens is 458 g/mol. The number of benzene rings is 1. The summed E-state index contributed by atoms with van der Waals surface area (Å²) in [5.74, 6) is 7.57. The van der Waals surface area contributed by atoms with Crippen molar-refractivity contribution in [2.24, 2.45) is 0 Å². The number of fused-ring (bicyclic) bond motifs is 1. The van der Waals surface area contributed by atoms with Gasteiger partial charge in [0.25, 0.3) is 0 Å². The summed E-state index contributed by atoms with van der Waals surface area (Å²) < 4.78 is 12.4. The number of likely N-dealkylation sites (N-methyl/N-ethyl adjacent to an activating group) is 1. The third-order valence-corrected chi connectivity index (χ3v) is 5.80. The maximum atomic E-state index is 12.5. The van der Waals surface area contributed by atoms with Crippen molar-refractivity contribution < 1.29 is 14.3 Å². The molecule has 10 nitrogen and oxygen atoms in total. The highest BCUT2D eigenvalue weighted by molar-refractivity contribution is 5.96. The number of nitrogens with two attached hydrogens (primary N) is 1. The van der Waals surface area contributed by atoms with Gasteiger partial charge >= 0.3 is 0 Å². The van der Waals surface area contributed by atoms with Gasteiger partial charge < -0.3 is 25.0 Å². The summed E-state index contributed by atoms with van der Waals surface area (Å²) in [6, 6.07) is 7.40. The first-order valence-electron chi connectivity index (χ1n) is 11.3. The first-order chi connectivity index (χ1) is 17.3. The van der Waals surface area contributed by atoms with Crippen LogP contribution in [0.2, 0.25) is 0 Å². The minimum atomic E-state index is -0.111. The third kappa shape index (κ3) is 4.95. The predicted octanol–water partition coefficient (Wildman–Crippen LogP) is 1.80. The largest absolute Gasteiger partial charge is 0.497 e. The number of hydrogen-bond donors (Lipinski definition) is 1. The number of carbonyl (C=O) groups excluding carboxylic acids is 1. The fraction of sp³-hybridized carbons (Fsp3) is 0.308. The lowest BCUT2D eigenvalue weighted by molar-refractivity contribution is -0.131. The van der Waals surface area contributed by atoms with Crippen molar-refractivity contribution in [3.05, 3.63) is 53.4 Å². The zero-order chi connectivity index (χ0) is 25.8. The fourth-order valence-corrected chi connectivity index (χ4v) is 3.90. The van der Waals surface area contributed by atoms with Crippen molar-refractivity contribution in [2.75, 3.05) is 53.7 Å². The quantitative estimate of drug-likeness (QED) is 0.414. The number of likely N-dealkylation sites (tertiary alicyclic amines) is 1. The first kappa shape index (κ1) is 24.6.